The molecule has 7 nitrogen and oxygen atoms in total. The van der Waals surface area contributed by atoms with Crippen molar-refractivity contribution in [2.75, 3.05) is 5.32 Å². The van der Waals surface area contributed by atoms with E-state index in [0.29, 0.717) is 5.69 Å². The third-order valence-electron chi connectivity index (χ3n) is 3.97. The molecule has 0 saturated heterocycles. The number of carbonyl (C=O) groups is 2. The summed E-state index contributed by atoms with van der Waals surface area (Å²) < 4.78 is 19.2. The summed E-state index contributed by atoms with van der Waals surface area (Å²) in [6.45, 7) is 3.56. The third-order valence-corrected chi connectivity index (χ3v) is 3.97. The maximum absolute atomic E-state index is 13.8. The number of amides is 2. The minimum absolute atomic E-state index is 0.288. The molecule has 0 aromatic heterocycles. The SMILES string of the molecule is Cc1ccc(NC(=O)O[C@H](c2ccc(O)c(F)c2)[C@H](C)/C=C/C(=O)NO)cc1. The van der Waals surface area contributed by atoms with Crippen LogP contribution in [0.25, 0.3) is 0 Å². The Morgan fingerprint density at radius 1 is 1.18 bits per heavy atom. The number of halogens is 1. The van der Waals surface area contributed by atoms with E-state index in [-0.39, 0.29) is 5.56 Å². The van der Waals surface area contributed by atoms with Gasteiger partial charge in [-0.05, 0) is 36.8 Å². The highest BCUT2D eigenvalue weighted by Crippen LogP contribution is 2.30. The van der Waals surface area contributed by atoms with Crippen LogP contribution in [0.2, 0.25) is 0 Å². The largest absolute Gasteiger partial charge is 0.505 e. The van der Waals surface area contributed by atoms with Gasteiger partial charge in [-0.2, -0.15) is 0 Å². The molecule has 0 aliphatic carbocycles. The molecule has 0 saturated carbocycles. The van der Waals surface area contributed by atoms with Gasteiger partial charge in [-0.15, -0.1) is 0 Å². The van der Waals surface area contributed by atoms with Crippen molar-refractivity contribution in [3.63, 3.8) is 0 Å². The van der Waals surface area contributed by atoms with Crippen LogP contribution in [0.15, 0.2) is 54.6 Å². The van der Waals surface area contributed by atoms with Crippen LogP contribution >= 0.6 is 0 Å². The highest BCUT2D eigenvalue weighted by Gasteiger charge is 2.23. The Bertz CT molecular complexity index is 867. The predicted octanol–water partition coefficient (Wildman–Crippen LogP) is 3.83. The Morgan fingerprint density at radius 3 is 2.46 bits per heavy atom. The Balaban J connectivity index is 2.22. The van der Waals surface area contributed by atoms with Gasteiger partial charge in [0.05, 0.1) is 0 Å². The van der Waals surface area contributed by atoms with Gasteiger partial charge in [0.15, 0.2) is 11.6 Å². The lowest BCUT2D eigenvalue weighted by molar-refractivity contribution is -0.124. The summed E-state index contributed by atoms with van der Waals surface area (Å²) in [5.74, 6) is -2.71. The van der Waals surface area contributed by atoms with Crippen molar-refractivity contribution < 1.29 is 29.0 Å². The topological polar surface area (TPSA) is 108 Å². The molecule has 0 aliphatic heterocycles. The molecule has 0 spiro atoms. The summed E-state index contributed by atoms with van der Waals surface area (Å²) in [6.07, 6.45) is 0.744. The molecule has 148 valence electrons. The maximum atomic E-state index is 13.8. The monoisotopic (exact) mass is 388 g/mol. The van der Waals surface area contributed by atoms with Crippen molar-refractivity contribution >= 4 is 17.7 Å². The van der Waals surface area contributed by atoms with Gasteiger partial charge in [-0.25, -0.2) is 14.7 Å². The number of rotatable bonds is 6. The molecule has 0 radical (unpaired) electrons. The van der Waals surface area contributed by atoms with Gasteiger partial charge in [0, 0.05) is 17.7 Å². The normalized spacial score (nSPS) is 13.0. The van der Waals surface area contributed by atoms with E-state index in [9.17, 15) is 19.1 Å². The number of phenols is 1. The summed E-state index contributed by atoms with van der Waals surface area (Å²) in [5, 5.41) is 20.5. The Morgan fingerprint density at radius 2 is 1.86 bits per heavy atom. The van der Waals surface area contributed by atoms with Crippen LogP contribution in [0.5, 0.6) is 5.75 Å². The van der Waals surface area contributed by atoms with Crippen LogP contribution in [0.4, 0.5) is 14.9 Å². The second kappa shape index (κ2) is 9.52. The highest BCUT2D eigenvalue weighted by atomic mass is 19.1. The number of aromatic hydroxyl groups is 1. The molecular weight excluding hydrogens is 367 g/mol. The smallest absolute Gasteiger partial charge is 0.412 e. The van der Waals surface area contributed by atoms with Crippen molar-refractivity contribution in [3.05, 3.63) is 71.6 Å². The van der Waals surface area contributed by atoms with E-state index in [2.05, 4.69) is 5.32 Å². The van der Waals surface area contributed by atoms with E-state index >= 15 is 0 Å². The van der Waals surface area contributed by atoms with Crippen LogP contribution in [0, 0.1) is 18.7 Å². The maximum Gasteiger partial charge on any atom is 0.412 e. The number of aryl methyl sites for hydroxylation is 1. The Hall–Kier alpha value is -3.39. The summed E-state index contributed by atoms with van der Waals surface area (Å²) in [4.78, 5) is 23.5. The number of hydrogen-bond acceptors (Lipinski definition) is 5. The molecule has 2 aromatic carbocycles. The average Bonchev–Trinajstić information content (AvgIpc) is 2.68. The van der Waals surface area contributed by atoms with E-state index < -0.39 is 35.6 Å². The van der Waals surface area contributed by atoms with E-state index in [1.807, 2.05) is 19.1 Å². The zero-order valence-electron chi connectivity index (χ0n) is 15.3. The standard InChI is InChI=1S/C20H21FN2O5/c1-12-3-7-15(8-4-12)22-20(26)28-19(13(2)5-10-18(25)23-27)14-6-9-17(24)16(21)11-14/h3-11,13,19,24,27H,1-2H3,(H,22,26)(H,23,25)/b10-5+/t13-,19+/m1/s1. The number of hydroxylamine groups is 1. The van der Waals surface area contributed by atoms with Crippen molar-refractivity contribution in [2.45, 2.75) is 20.0 Å². The summed E-state index contributed by atoms with van der Waals surface area (Å²) >= 11 is 0. The minimum atomic E-state index is -0.955. The zero-order valence-corrected chi connectivity index (χ0v) is 15.3. The summed E-state index contributed by atoms with van der Waals surface area (Å²) in [7, 11) is 0. The third kappa shape index (κ3) is 5.82. The molecule has 2 amide bonds. The molecule has 8 heteroatoms. The van der Waals surface area contributed by atoms with Crippen molar-refractivity contribution in [3.8, 4) is 5.75 Å². The van der Waals surface area contributed by atoms with Gasteiger partial charge in [0.1, 0.15) is 6.10 Å². The zero-order chi connectivity index (χ0) is 20.7. The predicted molar refractivity (Wildman–Crippen MR) is 100 cm³/mol. The van der Waals surface area contributed by atoms with Crippen LogP contribution < -0.4 is 10.8 Å². The second-order valence-electron chi connectivity index (χ2n) is 6.22. The van der Waals surface area contributed by atoms with E-state index in [1.165, 1.54) is 17.6 Å². The first kappa shape index (κ1) is 20.9. The molecule has 4 N–H and O–H groups in total. The summed E-state index contributed by atoms with van der Waals surface area (Å²) in [5.41, 5.74) is 3.29. The molecule has 0 aliphatic rings. The first-order chi connectivity index (χ1) is 13.3. The first-order valence-corrected chi connectivity index (χ1v) is 8.45. The van der Waals surface area contributed by atoms with E-state index in [4.69, 9.17) is 9.94 Å². The van der Waals surface area contributed by atoms with Gasteiger partial charge < -0.3 is 9.84 Å². The molecule has 0 unspecified atom stereocenters. The van der Waals surface area contributed by atoms with Gasteiger partial charge in [-0.1, -0.05) is 36.8 Å². The molecule has 0 heterocycles. The van der Waals surface area contributed by atoms with Gasteiger partial charge in [0.25, 0.3) is 5.91 Å². The second-order valence-corrected chi connectivity index (χ2v) is 6.22. The molecule has 2 atom stereocenters. The minimum Gasteiger partial charge on any atom is -0.505 e. The molecule has 2 rings (SSSR count). The summed E-state index contributed by atoms with van der Waals surface area (Å²) in [6, 6.07) is 10.7. The lowest BCUT2D eigenvalue weighted by atomic mass is 9.96. The number of phenolic OH excluding ortho intramolecular Hbond substituents is 1. The lowest BCUT2D eigenvalue weighted by Crippen LogP contribution is -2.22. The fourth-order valence-corrected chi connectivity index (χ4v) is 2.46. The lowest BCUT2D eigenvalue weighted by Gasteiger charge is -2.23. The molecule has 0 fully saturated rings. The average molecular weight is 388 g/mol. The fourth-order valence-electron chi connectivity index (χ4n) is 2.46. The number of carbonyl (C=O) groups excluding carboxylic acids is 2. The molecular formula is C20H21FN2O5. The number of anilines is 1. The number of hydrogen-bond donors (Lipinski definition) is 4. The quantitative estimate of drug-likeness (QED) is 0.342. The van der Waals surface area contributed by atoms with Gasteiger partial charge in [-0.3, -0.25) is 15.3 Å². The van der Waals surface area contributed by atoms with Crippen LogP contribution in [-0.2, 0) is 9.53 Å². The Labute approximate surface area is 161 Å². The van der Waals surface area contributed by atoms with Gasteiger partial charge in [0.2, 0.25) is 0 Å². The number of ether oxygens (including phenoxy) is 1. The van der Waals surface area contributed by atoms with Crippen LogP contribution in [0.1, 0.15) is 24.2 Å². The van der Waals surface area contributed by atoms with Gasteiger partial charge >= 0.3 is 6.09 Å². The van der Waals surface area contributed by atoms with Crippen LogP contribution in [-0.4, -0.2) is 22.3 Å². The fraction of sp³-hybridized carbons (Fsp3) is 0.200. The van der Waals surface area contributed by atoms with E-state index in [0.717, 1.165) is 23.8 Å². The first-order valence-electron chi connectivity index (χ1n) is 8.45. The number of benzene rings is 2. The van der Waals surface area contributed by atoms with Crippen molar-refractivity contribution in [1.82, 2.24) is 5.48 Å². The van der Waals surface area contributed by atoms with Crippen molar-refractivity contribution in [2.24, 2.45) is 5.92 Å². The van der Waals surface area contributed by atoms with Crippen LogP contribution in [0.3, 0.4) is 0 Å². The molecule has 2 aromatic rings. The number of nitrogens with one attached hydrogen (secondary N) is 2. The highest BCUT2D eigenvalue weighted by molar-refractivity contribution is 5.86. The molecule has 0 bridgehead atoms. The molecule has 28 heavy (non-hydrogen) atoms. The Kier molecular flexibility index (Phi) is 7.11. The van der Waals surface area contributed by atoms with Crippen molar-refractivity contribution in [1.29, 1.82) is 0 Å². The van der Waals surface area contributed by atoms with E-state index in [1.54, 1.807) is 19.1 Å².